The van der Waals surface area contributed by atoms with Gasteiger partial charge in [0.2, 0.25) is 11.8 Å². The van der Waals surface area contributed by atoms with Gasteiger partial charge in [-0.1, -0.05) is 36.4 Å². The summed E-state index contributed by atoms with van der Waals surface area (Å²) in [5.41, 5.74) is 5.51. The summed E-state index contributed by atoms with van der Waals surface area (Å²) in [6.07, 6.45) is 1.67. The third kappa shape index (κ3) is 3.98. The fraction of sp³-hybridized carbons (Fsp3) is 0.375. The zero-order valence-corrected chi connectivity index (χ0v) is 17.3. The van der Waals surface area contributed by atoms with E-state index >= 15 is 0 Å². The fourth-order valence-electron chi connectivity index (χ4n) is 4.79. The van der Waals surface area contributed by atoms with Gasteiger partial charge in [-0.05, 0) is 41.2 Å². The first-order valence-electron chi connectivity index (χ1n) is 10.9. The van der Waals surface area contributed by atoms with Crippen LogP contribution in [0.1, 0.15) is 45.5 Å². The van der Waals surface area contributed by atoms with Crippen LogP contribution in [-0.2, 0) is 35.6 Å². The van der Waals surface area contributed by atoms with E-state index in [9.17, 15) is 14.4 Å². The van der Waals surface area contributed by atoms with Crippen LogP contribution < -0.4 is 16.0 Å². The van der Waals surface area contributed by atoms with Crippen molar-refractivity contribution in [1.82, 2.24) is 20.9 Å². The summed E-state index contributed by atoms with van der Waals surface area (Å²) in [5, 5.41) is 9.45. The standard InChI is InChI=1S/C24H26N4O3/c29-22-8-7-21(23(30)27-22)28-14-18-9-15(5-6-20(18)24(28)31)11-25-13-19-10-16-3-1-2-4-17(16)12-26-19/h1-6,9,19,21,25-26H,7-8,10-14H2,(H,27,29,30). The maximum Gasteiger partial charge on any atom is 0.255 e. The van der Waals surface area contributed by atoms with Crippen LogP contribution in [0.25, 0.3) is 0 Å². The molecule has 1 saturated heterocycles. The van der Waals surface area contributed by atoms with Crippen molar-refractivity contribution in [3.8, 4) is 0 Å². The predicted octanol–water partition coefficient (Wildman–Crippen LogP) is 1.25. The molecule has 0 aromatic heterocycles. The lowest BCUT2D eigenvalue weighted by atomic mass is 9.96. The highest BCUT2D eigenvalue weighted by atomic mass is 16.2. The Bertz CT molecular complexity index is 1050. The zero-order chi connectivity index (χ0) is 21.4. The van der Waals surface area contributed by atoms with E-state index in [4.69, 9.17) is 0 Å². The Morgan fingerprint density at radius 1 is 1.03 bits per heavy atom. The van der Waals surface area contributed by atoms with E-state index < -0.39 is 6.04 Å². The van der Waals surface area contributed by atoms with Crippen molar-refractivity contribution in [1.29, 1.82) is 0 Å². The summed E-state index contributed by atoms with van der Waals surface area (Å²) >= 11 is 0. The second kappa shape index (κ2) is 8.24. The maximum atomic E-state index is 12.8. The van der Waals surface area contributed by atoms with Gasteiger partial charge in [-0.25, -0.2) is 0 Å². The molecule has 3 heterocycles. The summed E-state index contributed by atoms with van der Waals surface area (Å²) in [6.45, 7) is 2.90. The van der Waals surface area contributed by atoms with Gasteiger partial charge in [0.1, 0.15) is 6.04 Å². The van der Waals surface area contributed by atoms with Crippen LogP contribution >= 0.6 is 0 Å². The Morgan fingerprint density at radius 3 is 2.71 bits per heavy atom. The van der Waals surface area contributed by atoms with Crippen molar-refractivity contribution in [3.05, 3.63) is 70.3 Å². The molecular formula is C24H26N4O3. The molecule has 2 aromatic rings. The van der Waals surface area contributed by atoms with Gasteiger partial charge in [-0.3, -0.25) is 19.7 Å². The smallest absolute Gasteiger partial charge is 0.255 e. The second-order valence-electron chi connectivity index (χ2n) is 8.57. The summed E-state index contributed by atoms with van der Waals surface area (Å²) in [5.74, 6) is -0.773. The minimum absolute atomic E-state index is 0.130. The molecule has 7 nitrogen and oxygen atoms in total. The van der Waals surface area contributed by atoms with E-state index in [0.717, 1.165) is 37.2 Å². The van der Waals surface area contributed by atoms with Crippen LogP contribution in [0.15, 0.2) is 42.5 Å². The Kier molecular flexibility index (Phi) is 5.29. The van der Waals surface area contributed by atoms with E-state index in [1.54, 1.807) is 4.90 Å². The number of nitrogens with zero attached hydrogens (tertiary/aromatic N) is 1. The van der Waals surface area contributed by atoms with Gasteiger partial charge in [0.05, 0.1) is 0 Å². The van der Waals surface area contributed by atoms with Gasteiger partial charge < -0.3 is 15.5 Å². The molecule has 31 heavy (non-hydrogen) atoms. The highest BCUT2D eigenvalue weighted by Gasteiger charge is 2.39. The van der Waals surface area contributed by atoms with Crippen molar-refractivity contribution in [3.63, 3.8) is 0 Å². The number of benzene rings is 2. The van der Waals surface area contributed by atoms with E-state index in [0.29, 0.717) is 24.6 Å². The molecule has 3 amide bonds. The van der Waals surface area contributed by atoms with E-state index in [2.05, 4.69) is 46.3 Å². The monoisotopic (exact) mass is 418 g/mol. The van der Waals surface area contributed by atoms with E-state index in [1.165, 1.54) is 11.1 Å². The van der Waals surface area contributed by atoms with Gasteiger partial charge >= 0.3 is 0 Å². The molecule has 3 N–H and O–H groups in total. The van der Waals surface area contributed by atoms with Crippen LogP contribution in [0.2, 0.25) is 0 Å². The molecule has 2 aromatic carbocycles. The summed E-state index contributed by atoms with van der Waals surface area (Å²) in [6, 6.07) is 14.3. The number of hydrogen-bond acceptors (Lipinski definition) is 5. The van der Waals surface area contributed by atoms with Gasteiger partial charge in [-0.2, -0.15) is 0 Å². The van der Waals surface area contributed by atoms with Crippen molar-refractivity contribution < 1.29 is 14.4 Å². The number of carbonyl (C=O) groups is 3. The van der Waals surface area contributed by atoms with Crippen LogP contribution in [0.3, 0.4) is 0 Å². The number of piperidine rings is 1. The van der Waals surface area contributed by atoms with E-state index in [1.807, 2.05) is 12.1 Å². The average Bonchev–Trinajstić information content (AvgIpc) is 3.09. The minimum Gasteiger partial charge on any atom is -0.322 e. The summed E-state index contributed by atoms with van der Waals surface area (Å²) < 4.78 is 0. The Balaban J connectivity index is 1.18. The van der Waals surface area contributed by atoms with Gasteiger partial charge in [0.25, 0.3) is 5.91 Å². The third-order valence-corrected chi connectivity index (χ3v) is 6.47. The van der Waals surface area contributed by atoms with Gasteiger partial charge in [0.15, 0.2) is 0 Å². The molecule has 0 spiro atoms. The molecule has 3 aliphatic rings. The van der Waals surface area contributed by atoms with Gasteiger partial charge in [-0.15, -0.1) is 0 Å². The normalized spacial score (nSPS) is 22.8. The molecule has 160 valence electrons. The Labute approximate surface area is 181 Å². The maximum absolute atomic E-state index is 12.8. The first kappa shape index (κ1) is 19.9. The molecule has 0 bridgehead atoms. The predicted molar refractivity (Wildman–Crippen MR) is 115 cm³/mol. The van der Waals surface area contributed by atoms with Crippen molar-refractivity contribution in [2.45, 2.75) is 51.0 Å². The van der Waals surface area contributed by atoms with Crippen LogP contribution in [0.4, 0.5) is 0 Å². The quantitative estimate of drug-likeness (QED) is 0.636. The molecule has 3 aliphatic heterocycles. The SMILES string of the molecule is O=C1CCC(N2Cc3cc(CNCC4Cc5ccccc5CN4)ccc3C2=O)C(=O)N1. The molecule has 2 unspecified atom stereocenters. The second-order valence-corrected chi connectivity index (χ2v) is 8.57. The highest BCUT2D eigenvalue weighted by molar-refractivity contribution is 6.05. The molecule has 2 atom stereocenters. The van der Waals surface area contributed by atoms with Crippen molar-refractivity contribution in [2.24, 2.45) is 0 Å². The Hall–Kier alpha value is -3.03. The topological polar surface area (TPSA) is 90.5 Å². The molecular weight excluding hydrogens is 392 g/mol. The number of nitrogens with one attached hydrogen (secondary N) is 3. The number of amides is 3. The lowest BCUT2D eigenvalue weighted by molar-refractivity contribution is -0.136. The van der Waals surface area contributed by atoms with Gasteiger partial charge in [0, 0.05) is 44.2 Å². The van der Waals surface area contributed by atoms with Crippen molar-refractivity contribution >= 4 is 17.7 Å². The lowest BCUT2D eigenvalue weighted by Crippen LogP contribution is -2.52. The molecule has 0 radical (unpaired) electrons. The molecule has 0 saturated carbocycles. The number of hydrogen-bond donors (Lipinski definition) is 3. The number of fused-ring (bicyclic) bond motifs is 2. The van der Waals surface area contributed by atoms with E-state index in [-0.39, 0.29) is 24.1 Å². The summed E-state index contributed by atoms with van der Waals surface area (Å²) in [7, 11) is 0. The minimum atomic E-state index is -0.570. The number of rotatable bonds is 5. The van der Waals surface area contributed by atoms with Crippen LogP contribution in [0, 0.1) is 0 Å². The molecule has 7 heteroatoms. The molecule has 0 aliphatic carbocycles. The zero-order valence-electron chi connectivity index (χ0n) is 17.3. The Morgan fingerprint density at radius 2 is 1.87 bits per heavy atom. The average molecular weight is 418 g/mol. The number of carbonyl (C=O) groups excluding carboxylic acids is 3. The van der Waals surface area contributed by atoms with Crippen LogP contribution in [-0.4, -0.2) is 41.2 Å². The molecule has 1 fully saturated rings. The molecule has 5 rings (SSSR count). The first-order chi connectivity index (χ1) is 15.1. The number of imide groups is 1. The fourth-order valence-corrected chi connectivity index (χ4v) is 4.79. The third-order valence-electron chi connectivity index (χ3n) is 6.47. The first-order valence-corrected chi connectivity index (χ1v) is 10.9. The lowest BCUT2D eigenvalue weighted by Gasteiger charge is -2.29. The van der Waals surface area contributed by atoms with Crippen molar-refractivity contribution in [2.75, 3.05) is 6.54 Å². The van der Waals surface area contributed by atoms with Crippen LogP contribution in [0.5, 0.6) is 0 Å². The summed E-state index contributed by atoms with van der Waals surface area (Å²) in [4.78, 5) is 38.0. The highest BCUT2D eigenvalue weighted by Crippen LogP contribution is 2.28. The largest absolute Gasteiger partial charge is 0.322 e.